The molecular weight excluding hydrogens is 224 g/mol. The van der Waals surface area contributed by atoms with Gasteiger partial charge >= 0.3 is 5.97 Å². The molecule has 1 amide bonds. The summed E-state index contributed by atoms with van der Waals surface area (Å²) in [7, 11) is 0. The van der Waals surface area contributed by atoms with Crippen LogP contribution in [0.5, 0.6) is 0 Å². The van der Waals surface area contributed by atoms with E-state index in [4.69, 9.17) is 10.8 Å². The normalized spacial score (nSPS) is 30.4. The molecule has 0 aromatic rings. The molecule has 0 aromatic heterocycles. The summed E-state index contributed by atoms with van der Waals surface area (Å²) in [5.41, 5.74) is 5.85. The van der Waals surface area contributed by atoms with E-state index in [1.54, 1.807) is 0 Å². The van der Waals surface area contributed by atoms with Crippen molar-refractivity contribution in [3.05, 3.63) is 0 Å². The van der Waals surface area contributed by atoms with Crippen LogP contribution in [0, 0.1) is 5.92 Å². The molecule has 4 N–H and O–H groups in total. The number of carboxylic acid groups (broad SMARTS) is 1. The standard InChI is InChI=1S/C11H18N2O4/c12-8(6-1-2-6)4-10(15)13-5-7(14)3-9(13)11(16)17/h6-9,14H,1-5,12H2,(H,16,17)/t7-,8?,9-/m1/s1. The van der Waals surface area contributed by atoms with Crippen molar-refractivity contribution >= 4 is 11.9 Å². The third-order valence-corrected chi connectivity index (χ3v) is 3.52. The van der Waals surface area contributed by atoms with Gasteiger partial charge in [-0.3, -0.25) is 4.79 Å². The average molecular weight is 242 g/mol. The Labute approximate surface area is 99.4 Å². The zero-order valence-corrected chi connectivity index (χ0v) is 9.58. The monoisotopic (exact) mass is 242 g/mol. The van der Waals surface area contributed by atoms with Crippen molar-refractivity contribution in [2.75, 3.05) is 6.54 Å². The van der Waals surface area contributed by atoms with Gasteiger partial charge in [-0.05, 0) is 18.8 Å². The van der Waals surface area contributed by atoms with Crippen LogP contribution >= 0.6 is 0 Å². The highest BCUT2D eigenvalue weighted by molar-refractivity contribution is 5.84. The molecule has 0 aromatic carbocycles. The number of likely N-dealkylation sites (tertiary alicyclic amines) is 1. The first-order valence-corrected chi connectivity index (χ1v) is 5.95. The number of aliphatic hydroxyl groups excluding tert-OH is 1. The number of nitrogens with two attached hydrogens (primary N) is 1. The minimum atomic E-state index is -1.06. The minimum absolute atomic E-state index is 0.104. The average Bonchev–Trinajstić information content (AvgIpc) is 3.01. The van der Waals surface area contributed by atoms with E-state index in [2.05, 4.69) is 0 Å². The molecule has 0 radical (unpaired) electrons. The van der Waals surface area contributed by atoms with Gasteiger partial charge < -0.3 is 20.8 Å². The molecule has 2 rings (SSSR count). The summed E-state index contributed by atoms with van der Waals surface area (Å²) in [6.07, 6.45) is 1.66. The van der Waals surface area contributed by atoms with Gasteiger partial charge in [-0.2, -0.15) is 0 Å². The SMILES string of the molecule is NC(CC(=O)N1C[C@H](O)C[C@@H]1C(=O)O)C1CC1. The number of aliphatic carboxylic acids is 1. The molecule has 2 fully saturated rings. The lowest BCUT2D eigenvalue weighted by Gasteiger charge is -2.22. The number of hydrogen-bond donors (Lipinski definition) is 3. The molecule has 1 saturated heterocycles. The van der Waals surface area contributed by atoms with E-state index >= 15 is 0 Å². The van der Waals surface area contributed by atoms with Crippen LogP contribution in [-0.4, -0.2) is 51.7 Å². The molecule has 1 unspecified atom stereocenters. The number of aliphatic hydroxyl groups is 1. The molecule has 1 heterocycles. The van der Waals surface area contributed by atoms with Crippen LogP contribution in [0.25, 0.3) is 0 Å². The van der Waals surface area contributed by atoms with E-state index < -0.39 is 18.1 Å². The predicted octanol–water partition coefficient (Wildman–Crippen LogP) is -0.840. The van der Waals surface area contributed by atoms with Crippen LogP contribution in [-0.2, 0) is 9.59 Å². The zero-order chi connectivity index (χ0) is 12.6. The fraction of sp³-hybridized carbons (Fsp3) is 0.818. The van der Waals surface area contributed by atoms with E-state index in [1.165, 1.54) is 4.90 Å². The highest BCUT2D eigenvalue weighted by Gasteiger charge is 2.40. The van der Waals surface area contributed by atoms with Gasteiger partial charge in [0.25, 0.3) is 0 Å². The molecule has 1 saturated carbocycles. The fourth-order valence-electron chi connectivity index (χ4n) is 2.33. The van der Waals surface area contributed by atoms with Crippen LogP contribution < -0.4 is 5.73 Å². The number of rotatable bonds is 4. The predicted molar refractivity (Wildman–Crippen MR) is 59.1 cm³/mol. The Morgan fingerprint density at radius 1 is 1.41 bits per heavy atom. The molecule has 6 nitrogen and oxygen atoms in total. The molecule has 96 valence electrons. The summed E-state index contributed by atoms with van der Waals surface area (Å²) < 4.78 is 0. The summed E-state index contributed by atoms with van der Waals surface area (Å²) in [5, 5.41) is 18.4. The van der Waals surface area contributed by atoms with Crippen molar-refractivity contribution in [2.45, 2.75) is 43.9 Å². The molecule has 0 spiro atoms. The molecule has 1 aliphatic heterocycles. The number of carbonyl (C=O) groups is 2. The second-order valence-electron chi connectivity index (χ2n) is 5.00. The quantitative estimate of drug-likeness (QED) is 0.596. The zero-order valence-electron chi connectivity index (χ0n) is 9.58. The second-order valence-corrected chi connectivity index (χ2v) is 5.00. The van der Waals surface area contributed by atoms with E-state index in [-0.39, 0.29) is 31.3 Å². The maximum Gasteiger partial charge on any atom is 0.326 e. The van der Waals surface area contributed by atoms with Gasteiger partial charge in [0.2, 0.25) is 5.91 Å². The Morgan fingerprint density at radius 2 is 2.06 bits per heavy atom. The topological polar surface area (TPSA) is 104 Å². The number of amides is 1. The van der Waals surface area contributed by atoms with Crippen molar-refractivity contribution in [1.29, 1.82) is 0 Å². The van der Waals surface area contributed by atoms with Gasteiger partial charge in [0.05, 0.1) is 6.10 Å². The first-order valence-electron chi connectivity index (χ1n) is 5.95. The van der Waals surface area contributed by atoms with Gasteiger partial charge in [0.15, 0.2) is 0 Å². The molecular formula is C11H18N2O4. The van der Waals surface area contributed by atoms with Crippen molar-refractivity contribution in [3.8, 4) is 0 Å². The second kappa shape index (κ2) is 4.62. The molecule has 17 heavy (non-hydrogen) atoms. The van der Waals surface area contributed by atoms with E-state index in [1.807, 2.05) is 0 Å². The Balaban J connectivity index is 1.94. The number of nitrogens with zero attached hydrogens (tertiary/aromatic N) is 1. The number of carbonyl (C=O) groups excluding carboxylic acids is 1. The summed E-state index contributed by atoms with van der Waals surface area (Å²) >= 11 is 0. The maximum atomic E-state index is 11.9. The lowest BCUT2D eigenvalue weighted by atomic mass is 10.1. The number of hydrogen-bond acceptors (Lipinski definition) is 4. The van der Waals surface area contributed by atoms with Crippen molar-refractivity contribution in [2.24, 2.45) is 11.7 Å². The summed E-state index contributed by atoms with van der Waals surface area (Å²) in [6, 6.07) is -1.07. The van der Waals surface area contributed by atoms with Crippen LogP contribution in [0.3, 0.4) is 0 Å². The highest BCUT2D eigenvalue weighted by atomic mass is 16.4. The number of carboxylic acids is 1. The Hall–Kier alpha value is -1.14. The van der Waals surface area contributed by atoms with Crippen LogP contribution in [0.4, 0.5) is 0 Å². The van der Waals surface area contributed by atoms with E-state index in [9.17, 15) is 14.7 Å². The molecule has 3 atom stereocenters. The van der Waals surface area contributed by atoms with Crippen LogP contribution in [0.15, 0.2) is 0 Å². The minimum Gasteiger partial charge on any atom is -0.480 e. The summed E-state index contributed by atoms with van der Waals surface area (Å²) in [4.78, 5) is 24.1. The number of β-amino-alcohol motifs (C(OH)–C–C–N with tert-alkyl or cyclic N) is 1. The molecule has 1 aliphatic carbocycles. The van der Waals surface area contributed by atoms with Crippen LogP contribution in [0.1, 0.15) is 25.7 Å². The van der Waals surface area contributed by atoms with Crippen molar-refractivity contribution < 1.29 is 19.8 Å². The summed E-state index contributed by atoms with van der Waals surface area (Å²) in [5.74, 6) is -0.905. The van der Waals surface area contributed by atoms with E-state index in [0.717, 1.165) is 12.8 Å². The van der Waals surface area contributed by atoms with Gasteiger partial charge in [0, 0.05) is 25.4 Å². The van der Waals surface area contributed by atoms with Gasteiger partial charge in [-0.25, -0.2) is 4.79 Å². The lowest BCUT2D eigenvalue weighted by molar-refractivity contribution is -0.148. The van der Waals surface area contributed by atoms with Gasteiger partial charge in [-0.1, -0.05) is 0 Å². The largest absolute Gasteiger partial charge is 0.480 e. The Bertz CT molecular complexity index is 329. The first-order chi connectivity index (χ1) is 7.99. The Kier molecular flexibility index (Phi) is 3.35. The van der Waals surface area contributed by atoms with Gasteiger partial charge in [-0.15, -0.1) is 0 Å². The third-order valence-electron chi connectivity index (χ3n) is 3.52. The van der Waals surface area contributed by atoms with Crippen molar-refractivity contribution in [3.63, 3.8) is 0 Å². The molecule has 0 bridgehead atoms. The fourth-order valence-corrected chi connectivity index (χ4v) is 2.33. The Morgan fingerprint density at radius 3 is 2.59 bits per heavy atom. The molecule has 6 heteroatoms. The van der Waals surface area contributed by atoms with Crippen LogP contribution in [0.2, 0.25) is 0 Å². The van der Waals surface area contributed by atoms with Crippen molar-refractivity contribution in [1.82, 2.24) is 4.90 Å². The lowest BCUT2D eigenvalue weighted by Crippen LogP contribution is -2.43. The maximum absolute atomic E-state index is 11.9. The summed E-state index contributed by atoms with van der Waals surface area (Å²) in [6.45, 7) is 0.104. The highest BCUT2D eigenvalue weighted by Crippen LogP contribution is 2.33. The smallest absolute Gasteiger partial charge is 0.326 e. The van der Waals surface area contributed by atoms with E-state index in [0.29, 0.717) is 5.92 Å². The third kappa shape index (κ3) is 2.76. The van der Waals surface area contributed by atoms with Gasteiger partial charge in [0.1, 0.15) is 6.04 Å². The first kappa shape index (κ1) is 12.3. The molecule has 2 aliphatic rings.